The molecule has 1 atom stereocenters. The van der Waals surface area contributed by atoms with Crippen molar-refractivity contribution in [2.45, 2.75) is 20.0 Å². The quantitative estimate of drug-likeness (QED) is 0.788. The normalized spacial score (nSPS) is 18.7. The van der Waals surface area contributed by atoms with Crippen molar-refractivity contribution in [2.75, 3.05) is 26.2 Å². The van der Waals surface area contributed by atoms with Gasteiger partial charge in [-0.2, -0.15) is 0 Å². The molecule has 2 aromatic rings. The summed E-state index contributed by atoms with van der Waals surface area (Å²) >= 11 is 0. The third kappa shape index (κ3) is 5.62. The van der Waals surface area contributed by atoms with Crippen LogP contribution in [0.15, 0.2) is 54.6 Å². The van der Waals surface area contributed by atoms with Crippen LogP contribution >= 0.6 is 12.4 Å². The SMILES string of the molecule is CC1(CN)CCN(C(=O)COc2ccccc2OCc2ccccc2)C1.Cl. The van der Waals surface area contributed by atoms with Gasteiger partial charge in [-0.15, -0.1) is 12.4 Å². The summed E-state index contributed by atoms with van der Waals surface area (Å²) < 4.78 is 11.6. The van der Waals surface area contributed by atoms with Gasteiger partial charge in [-0.3, -0.25) is 4.79 Å². The molecular weight excluding hydrogens is 364 g/mol. The van der Waals surface area contributed by atoms with Crippen molar-refractivity contribution in [3.63, 3.8) is 0 Å². The number of ether oxygens (including phenoxy) is 2. The first-order chi connectivity index (χ1) is 12.6. The zero-order valence-electron chi connectivity index (χ0n) is 15.6. The van der Waals surface area contributed by atoms with Gasteiger partial charge >= 0.3 is 0 Å². The molecular formula is C21H27ClN2O3. The molecule has 0 bridgehead atoms. The summed E-state index contributed by atoms with van der Waals surface area (Å²) in [7, 11) is 0. The highest BCUT2D eigenvalue weighted by atomic mass is 35.5. The summed E-state index contributed by atoms with van der Waals surface area (Å²) in [6, 6.07) is 17.4. The first kappa shape index (κ1) is 21.1. The van der Waals surface area contributed by atoms with Crippen LogP contribution in [0.5, 0.6) is 11.5 Å². The Morgan fingerprint density at radius 2 is 1.70 bits per heavy atom. The van der Waals surface area contributed by atoms with Crippen molar-refractivity contribution in [3.05, 3.63) is 60.2 Å². The number of para-hydroxylation sites is 2. The highest BCUT2D eigenvalue weighted by Gasteiger charge is 2.34. The fraction of sp³-hybridized carbons (Fsp3) is 0.381. The summed E-state index contributed by atoms with van der Waals surface area (Å²) in [5, 5.41) is 0. The number of hydrogen-bond acceptors (Lipinski definition) is 4. The first-order valence-electron chi connectivity index (χ1n) is 8.96. The molecule has 1 heterocycles. The highest BCUT2D eigenvalue weighted by Crippen LogP contribution is 2.30. The predicted octanol–water partition coefficient (Wildman–Crippen LogP) is 3.26. The summed E-state index contributed by atoms with van der Waals surface area (Å²) in [5.74, 6) is 1.20. The molecule has 146 valence electrons. The van der Waals surface area contributed by atoms with E-state index in [9.17, 15) is 4.79 Å². The molecule has 1 fully saturated rings. The van der Waals surface area contributed by atoms with Gasteiger partial charge in [0, 0.05) is 13.1 Å². The lowest BCUT2D eigenvalue weighted by molar-refractivity contribution is -0.132. The summed E-state index contributed by atoms with van der Waals surface area (Å²) in [6.07, 6.45) is 0.937. The van der Waals surface area contributed by atoms with Crippen LogP contribution < -0.4 is 15.2 Å². The van der Waals surface area contributed by atoms with E-state index in [0.29, 0.717) is 31.2 Å². The van der Waals surface area contributed by atoms with Gasteiger partial charge in [0.05, 0.1) is 0 Å². The number of nitrogens with two attached hydrogens (primary N) is 1. The number of carbonyl (C=O) groups is 1. The number of nitrogens with zero attached hydrogens (tertiary/aromatic N) is 1. The van der Waals surface area contributed by atoms with Crippen molar-refractivity contribution in [1.29, 1.82) is 0 Å². The fourth-order valence-electron chi connectivity index (χ4n) is 3.06. The maximum atomic E-state index is 12.4. The Balaban J connectivity index is 0.00000261. The number of hydrogen-bond donors (Lipinski definition) is 1. The van der Waals surface area contributed by atoms with Crippen molar-refractivity contribution < 1.29 is 14.3 Å². The Morgan fingerprint density at radius 1 is 1.07 bits per heavy atom. The van der Waals surface area contributed by atoms with E-state index in [1.165, 1.54) is 0 Å². The van der Waals surface area contributed by atoms with Crippen molar-refractivity contribution in [1.82, 2.24) is 4.90 Å². The van der Waals surface area contributed by atoms with Crippen LogP contribution in [0.1, 0.15) is 18.9 Å². The van der Waals surface area contributed by atoms with Gasteiger partial charge < -0.3 is 20.1 Å². The third-order valence-corrected chi connectivity index (χ3v) is 4.84. The fourth-order valence-corrected chi connectivity index (χ4v) is 3.06. The van der Waals surface area contributed by atoms with E-state index in [0.717, 1.165) is 18.5 Å². The molecule has 1 saturated heterocycles. The van der Waals surface area contributed by atoms with Crippen LogP contribution in [0.4, 0.5) is 0 Å². The zero-order valence-corrected chi connectivity index (χ0v) is 16.4. The molecule has 0 aromatic heterocycles. The molecule has 0 radical (unpaired) electrons. The van der Waals surface area contributed by atoms with Crippen LogP contribution in [-0.2, 0) is 11.4 Å². The van der Waals surface area contributed by atoms with Gasteiger partial charge in [0.15, 0.2) is 18.1 Å². The Morgan fingerprint density at radius 3 is 2.33 bits per heavy atom. The number of likely N-dealkylation sites (tertiary alicyclic amines) is 1. The van der Waals surface area contributed by atoms with Gasteiger partial charge in [-0.25, -0.2) is 0 Å². The van der Waals surface area contributed by atoms with Crippen LogP contribution in [-0.4, -0.2) is 37.0 Å². The van der Waals surface area contributed by atoms with Crippen molar-refractivity contribution in [2.24, 2.45) is 11.1 Å². The maximum absolute atomic E-state index is 12.4. The molecule has 2 N–H and O–H groups in total. The Labute approximate surface area is 166 Å². The van der Waals surface area contributed by atoms with Gasteiger partial charge in [0.25, 0.3) is 5.91 Å². The molecule has 1 unspecified atom stereocenters. The lowest BCUT2D eigenvalue weighted by atomic mass is 9.90. The van der Waals surface area contributed by atoms with Gasteiger partial charge in [0.2, 0.25) is 0 Å². The number of benzene rings is 2. The van der Waals surface area contributed by atoms with Crippen molar-refractivity contribution >= 4 is 18.3 Å². The average Bonchev–Trinajstić information content (AvgIpc) is 3.09. The number of rotatable bonds is 7. The standard InChI is InChI=1S/C21H26N2O3.ClH/c1-21(15-22)11-12-23(16-21)20(24)14-26-19-10-6-5-9-18(19)25-13-17-7-3-2-4-8-17;/h2-10H,11-16,22H2,1H3;1H. The minimum Gasteiger partial charge on any atom is -0.485 e. The molecule has 1 aliphatic heterocycles. The monoisotopic (exact) mass is 390 g/mol. The summed E-state index contributed by atoms with van der Waals surface area (Å²) in [4.78, 5) is 14.3. The van der Waals surface area contributed by atoms with E-state index < -0.39 is 0 Å². The van der Waals surface area contributed by atoms with Crippen LogP contribution in [0.25, 0.3) is 0 Å². The van der Waals surface area contributed by atoms with Crippen LogP contribution in [0, 0.1) is 5.41 Å². The molecule has 1 aliphatic rings. The second-order valence-electron chi connectivity index (χ2n) is 7.09. The number of carbonyl (C=O) groups excluding carboxylic acids is 1. The third-order valence-electron chi connectivity index (χ3n) is 4.84. The summed E-state index contributed by atoms with van der Waals surface area (Å²) in [5.41, 5.74) is 6.91. The molecule has 27 heavy (non-hydrogen) atoms. The van der Waals surface area contributed by atoms with Gasteiger partial charge in [-0.1, -0.05) is 49.4 Å². The van der Waals surface area contributed by atoms with E-state index in [2.05, 4.69) is 6.92 Å². The molecule has 2 aromatic carbocycles. The highest BCUT2D eigenvalue weighted by molar-refractivity contribution is 5.85. The Kier molecular flexibility index (Phi) is 7.51. The molecule has 0 saturated carbocycles. The first-order valence-corrected chi connectivity index (χ1v) is 8.96. The zero-order chi connectivity index (χ0) is 18.4. The Hall–Kier alpha value is -2.24. The smallest absolute Gasteiger partial charge is 0.260 e. The lowest BCUT2D eigenvalue weighted by Gasteiger charge is -2.22. The van der Waals surface area contributed by atoms with E-state index in [-0.39, 0.29) is 30.3 Å². The molecule has 6 heteroatoms. The number of amides is 1. The lowest BCUT2D eigenvalue weighted by Crippen LogP contribution is -2.36. The topological polar surface area (TPSA) is 64.8 Å². The average molecular weight is 391 g/mol. The van der Waals surface area contributed by atoms with Gasteiger partial charge in [-0.05, 0) is 36.1 Å². The second kappa shape index (κ2) is 9.62. The second-order valence-corrected chi connectivity index (χ2v) is 7.09. The van der Waals surface area contributed by atoms with Crippen LogP contribution in [0.3, 0.4) is 0 Å². The van der Waals surface area contributed by atoms with Crippen LogP contribution in [0.2, 0.25) is 0 Å². The summed E-state index contributed by atoms with van der Waals surface area (Å²) in [6.45, 7) is 4.60. The number of halogens is 1. The minimum atomic E-state index is -0.0139. The van der Waals surface area contributed by atoms with Gasteiger partial charge in [0.1, 0.15) is 6.61 Å². The Bertz CT molecular complexity index is 741. The van der Waals surface area contributed by atoms with E-state index >= 15 is 0 Å². The maximum Gasteiger partial charge on any atom is 0.260 e. The largest absolute Gasteiger partial charge is 0.485 e. The molecule has 3 rings (SSSR count). The molecule has 0 spiro atoms. The molecule has 5 nitrogen and oxygen atoms in total. The minimum absolute atomic E-state index is 0. The molecule has 1 amide bonds. The molecule has 0 aliphatic carbocycles. The van der Waals surface area contributed by atoms with Crippen molar-refractivity contribution in [3.8, 4) is 11.5 Å². The van der Waals surface area contributed by atoms with E-state index in [1.54, 1.807) is 0 Å². The van der Waals surface area contributed by atoms with E-state index in [4.69, 9.17) is 15.2 Å². The predicted molar refractivity (Wildman–Crippen MR) is 108 cm³/mol. The van der Waals surface area contributed by atoms with E-state index in [1.807, 2.05) is 59.5 Å².